The number of rotatable bonds is 12. The van der Waals surface area contributed by atoms with E-state index in [-0.39, 0.29) is 29.5 Å². The van der Waals surface area contributed by atoms with Gasteiger partial charge in [-0.05, 0) is 36.6 Å². The number of nitrogens with one attached hydrogen (secondary N) is 2. The van der Waals surface area contributed by atoms with Gasteiger partial charge in [-0.25, -0.2) is 0 Å². The average Bonchev–Trinajstić information content (AvgIpc) is 2.72. The Morgan fingerprint density at radius 3 is 2.63 bits per heavy atom. The van der Waals surface area contributed by atoms with Gasteiger partial charge in [-0.1, -0.05) is 18.2 Å². The van der Waals surface area contributed by atoms with Crippen LogP contribution in [0.1, 0.15) is 18.4 Å². The van der Waals surface area contributed by atoms with Crippen molar-refractivity contribution in [3.05, 3.63) is 58.1 Å². The number of anilines is 1. The standard InChI is InChI=1S/C20H23F2N3O5/c1-29-18-13-14(8-9-17(18)30-20(21)22)10-12-24-19(26)7-4-11-23-15-5-2-3-6-16(15)25(27)28/h2-3,5-6,8-9,13,20,23H,4,7,10-12H2,1H3,(H,24,26). The highest BCUT2D eigenvalue weighted by molar-refractivity contribution is 5.75. The Bertz CT molecular complexity index is 864. The molecule has 0 saturated carbocycles. The third-order valence-electron chi connectivity index (χ3n) is 4.18. The SMILES string of the molecule is COc1cc(CCNC(=O)CCCNc2ccccc2[N+](=O)[O-])ccc1OC(F)F. The average molecular weight is 423 g/mol. The number of carbonyl (C=O) groups excluding carboxylic acids is 1. The van der Waals surface area contributed by atoms with E-state index >= 15 is 0 Å². The summed E-state index contributed by atoms with van der Waals surface area (Å²) in [6.45, 7) is -2.15. The molecule has 2 rings (SSSR count). The molecule has 2 N–H and O–H groups in total. The number of para-hydroxylation sites is 2. The molecule has 0 atom stereocenters. The van der Waals surface area contributed by atoms with Crippen LogP contribution in [0.5, 0.6) is 11.5 Å². The smallest absolute Gasteiger partial charge is 0.387 e. The second-order valence-corrected chi connectivity index (χ2v) is 6.27. The number of ether oxygens (including phenoxy) is 2. The summed E-state index contributed by atoms with van der Waals surface area (Å²) in [6.07, 6.45) is 1.26. The number of carbonyl (C=O) groups is 1. The van der Waals surface area contributed by atoms with Crippen molar-refractivity contribution in [1.29, 1.82) is 0 Å². The summed E-state index contributed by atoms with van der Waals surface area (Å²) in [5.74, 6) is -0.00405. The molecule has 0 aliphatic rings. The first-order valence-corrected chi connectivity index (χ1v) is 9.26. The maximum Gasteiger partial charge on any atom is 0.387 e. The molecule has 0 unspecified atom stereocenters. The molecule has 1 amide bonds. The fraction of sp³-hybridized carbons (Fsp3) is 0.350. The summed E-state index contributed by atoms with van der Waals surface area (Å²) in [4.78, 5) is 22.4. The quantitative estimate of drug-likeness (QED) is 0.306. The maximum atomic E-state index is 12.3. The van der Waals surface area contributed by atoms with Crippen LogP contribution in [-0.4, -0.2) is 37.6 Å². The van der Waals surface area contributed by atoms with E-state index in [9.17, 15) is 23.7 Å². The van der Waals surface area contributed by atoms with Crippen LogP contribution in [0.15, 0.2) is 42.5 Å². The van der Waals surface area contributed by atoms with Crippen LogP contribution in [-0.2, 0) is 11.2 Å². The predicted octanol–water partition coefficient (Wildman–Crippen LogP) is 3.76. The van der Waals surface area contributed by atoms with Gasteiger partial charge in [0.25, 0.3) is 5.69 Å². The molecule has 162 valence electrons. The molecular weight excluding hydrogens is 400 g/mol. The summed E-state index contributed by atoms with van der Waals surface area (Å²) in [6, 6.07) is 10.9. The van der Waals surface area contributed by atoms with Crippen LogP contribution in [0.4, 0.5) is 20.2 Å². The summed E-state index contributed by atoms with van der Waals surface area (Å²) in [5, 5.41) is 16.7. The molecular formula is C20H23F2N3O5. The molecule has 0 bridgehead atoms. The van der Waals surface area contributed by atoms with E-state index in [1.165, 1.54) is 19.2 Å². The molecule has 30 heavy (non-hydrogen) atoms. The fourth-order valence-corrected chi connectivity index (χ4v) is 2.75. The fourth-order valence-electron chi connectivity index (χ4n) is 2.75. The van der Waals surface area contributed by atoms with Gasteiger partial charge in [0.15, 0.2) is 11.5 Å². The molecule has 0 radical (unpaired) electrons. The van der Waals surface area contributed by atoms with E-state index < -0.39 is 11.5 Å². The number of nitro groups is 1. The summed E-state index contributed by atoms with van der Waals surface area (Å²) >= 11 is 0. The van der Waals surface area contributed by atoms with Crippen molar-refractivity contribution in [2.45, 2.75) is 25.9 Å². The van der Waals surface area contributed by atoms with Crippen LogP contribution >= 0.6 is 0 Å². The molecule has 0 fully saturated rings. The second kappa shape index (κ2) is 11.5. The minimum absolute atomic E-state index is 0.0117. The molecule has 0 aromatic heterocycles. The van der Waals surface area contributed by atoms with Gasteiger partial charge in [-0.2, -0.15) is 8.78 Å². The van der Waals surface area contributed by atoms with Gasteiger partial charge in [0.05, 0.1) is 12.0 Å². The zero-order chi connectivity index (χ0) is 21.9. The first kappa shape index (κ1) is 22.9. The normalized spacial score (nSPS) is 10.5. The second-order valence-electron chi connectivity index (χ2n) is 6.27. The highest BCUT2D eigenvalue weighted by atomic mass is 19.3. The first-order valence-electron chi connectivity index (χ1n) is 9.26. The van der Waals surface area contributed by atoms with Crippen molar-refractivity contribution in [3.63, 3.8) is 0 Å². The molecule has 0 saturated heterocycles. The van der Waals surface area contributed by atoms with E-state index in [4.69, 9.17) is 4.74 Å². The van der Waals surface area contributed by atoms with Gasteiger partial charge in [-0.15, -0.1) is 0 Å². The van der Waals surface area contributed by atoms with Crippen molar-refractivity contribution in [3.8, 4) is 11.5 Å². The van der Waals surface area contributed by atoms with E-state index in [1.54, 1.807) is 30.3 Å². The van der Waals surface area contributed by atoms with Crippen LogP contribution < -0.4 is 20.1 Å². The van der Waals surface area contributed by atoms with E-state index in [2.05, 4.69) is 15.4 Å². The Kier molecular flexibility index (Phi) is 8.79. The lowest BCUT2D eigenvalue weighted by molar-refractivity contribution is -0.384. The minimum atomic E-state index is -2.94. The number of nitrogens with zero attached hydrogens (tertiary/aromatic N) is 1. The highest BCUT2D eigenvalue weighted by Crippen LogP contribution is 2.29. The third kappa shape index (κ3) is 7.19. The van der Waals surface area contributed by atoms with Crippen LogP contribution in [0.3, 0.4) is 0 Å². The Morgan fingerprint density at radius 1 is 1.17 bits per heavy atom. The van der Waals surface area contributed by atoms with Crippen molar-refractivity contribution >= 4 is 17.3 Å². The molecule has 10 heteroatoms. The van der Waals surface area contributed by atoms with Gasteiger partial charge >= 0.3 is 6.61 Å². The largest absolute Gasteiger partial charge is 0.493 e. The summed E-state index contributed by atoms with van der Waals surface area (Å²) in [5.41, 5.74) is 1.20. The Hall–Kier alpha value is -3.43. The number of alkyl halides is 2. The van der Waals surface area contributed by atoms with Crippen molar-refractivity contribution in [2.75, 3.05) is 25.5 Å². The number of nitro benzene ring substituents is 1. The van der Waals surface area contributed by atoms with E-state index in [1.807, 2.05) is 0 Å². The molecule has 0 aliphatic heterocycles. The molecule has 2 aromatic rings. The molecule has 2 aromatic carbocycles. The van der Waals surface area contributed by atoms with E-state index in [0.29, 0.717) is 31.6 Å². The first-order chi connectivity index (χ1) is 14.4. The number of hydrogen-bond acceptors (Lipinski definition) is 6. The van der Waals surface area contributed by atoms with Crippen molar-refractivity contribution in [2.24, 2.45) is 0 Å². The van der Waals surface area contributed by atoms with Gasteiger partial charge in [0.2, 0.25) is 5.91 Å². The van der Waals surface area contributed by atoms with Gasteiger partial charge in [-0.3, -0.25) is 14.9 Å². The molecule has 0 spiro atoms. The summed E-state index contributed by atoms with van der Waals surface area (Å²) in [7, 11) is 1.36. The monoisotopic (exact) mass is 423 g/mol. The third-order valence-corrected chi connectivity index (χ3v) is 4.18. The topological polar surface area (TPSA) is 103 Å². The van der Waals surface area contributed by atoms with Crippen LogP contribution in [0.25, 0.3) is 0 Å². The number of halogens is 2. The van der Waals surface area contributed by atoms with Crippen molar-refractivity contribution < 1.29 is 28.0 Å². The summed E-state index contributed by atoms with van der Waals surface area (Å²) < 4.78 is 34.1. The minimum Gasteiger partial charge on any atom is -0.493 e. The Balaban J connectivity index is 1.71. The van der Waals surface area contributed by atoms with E-state index in [0.717, 1.165) is 5.56 Å². The lowest BCUT2D eigenvalue weighted by Gasteiger charge is -2.12. The lowest BCUT2D eigenvalue weighted by atomic mass is 10.1. The zero-order valence-electron chi connectivity index (χ0n) is 16.4. The van der Waals surface area contributed by atoms with Crippen molar-refractivity contribution in [1.82, 2.24) is 5.32 Å². The molecule has 0 aliphatic carbocycles. The number of amides is 1. The van der Waals surface area contributed by atoms with Crippen LogP contribution in [0, 0.1) is 10.1 Å². The predicted molar refractivity (Wildman–Crippen MR) is 107 cm³/mol. The van der Waals surface area contributed by atoms with Gasteiger partial charge in [0.1, 0.15) is 5.69 Å². The Morgan fingerprint density at radius 2 is 1.93 bits per heavy atom. The molecule has 8 nitrogen and oxygen atoms in total. The van der Waals surface area contributed by atoms with Crippen LogP contribution in [0.2, 0.25) is 0 Å². The number of benzene rings is 2. The zero-order valence-corrected chi connectivity index (χ0v) is 16.4. The Labute approximate surface area is 172 Å². The van der Waals surface area contributed by atoms with Gasteiger partial charge < -0.3 is 20.1 Å². The number of methoxy groups -OCH3 is 1. The molecule has 0 heterocycles. The maximum absolute atomic E-state index is 12.3. The highest BCUT2D eigenvalue weighted by Gasteiger charge is 2.12. The van der Waals surface area contributed by atoms with Gasteiger partial charge in [0, 0.05) is 25.6 Å². The number of hydrogen-bond donors (Lipinski definition) is 2. The lowest BCUT2D eigenvalue weighted by Crippen LogP contribution is -2.26.